The van der Waals surface area contributed by atoms with Crippen LogP contribution in [0.2, 0.25) is 0 Å². The number of rotatable bonds is 8. The predicted molar refractivity (Wildman–Crippen MR) is 117 cm³/mol. The molecule has 0 aliphatic heterocycles. The minimum absolute atomic E-state index is 0.424. The van der Waals surface area contributed by atoms with E-state index >= 15 is 0 Å². The van der Waals surface area contributed by atoms with E-state index in [2.05, 4.69) is 16.0 Å². The Hall–Kier alpha value is -3.69. The quantitative estimate of drug-likeness (QED) is 0.348. The molecule has 0 aromatic heterocycles. The molecule has 3 amide bonds. The number of fused-ring (bicyclic) bond motifs is 1. The lowest BCUT2D eigenvalue weighted by molar-refractivity contribution is -0.140. The number of hydrogen-bond donors (Lipinski definition) is 4. The van der Waals surface area contributed by atoms with Gasteiger partial charge in [-0.3, -0.25) is 19.2 Å². The van der Waals surface area contributed by atoms with E-state index in [1.54, 1.807) is 38.1 Å². The highest BCUT2D eigenvalue weighted by atomic mass is 16.4. The first-order valence-electron chi connectivity index (χ1n) is 9.72. The van der Waals surface area contributed by atoms with Crippen LogP contribution in [0.3, 0.4) is 0 Å². The highest BCUT2D eigenvalue weighted by Gasteiger charge is 2.30. The SMILES string of the molecule is BC(=O)[C@H](CC(=O)O)NC(=O)[C@@H](NC(=O)C(=O)Nc1cccc2ccccc12)C(C)C. The average Bonchev–Trinajstić information content (AvgIpc) is 2.70. The van der Waals surface area contributed by atoms with Crippen molar-refractivity contribution in [2.24, 2.45) is 5.92 Å². The summed E-state index contributed by atoms with van der Waals surface area (Å²) in [5.74, 6) is -4.41. The molecule has 0 fully saturated rings. The summed E-state index contributed by atoms with van der Waals surface area (Å²) in [6.45, 7) is 3.29. The lowest BCUT2D eigenvalue weighted by Crippen LogP contribution is -2.55. The van der Waals surface area contributed by atoms with Crippen LogP contribution in [0.15, 0.2) is 42.5 Å². The molecule has 0 aliphatic rings. The summed E-state index contributed by atoms with van der Waals surface area (Å²) in [7, 11) is 1.16. The Balaban J connectivity index is 2.10. The van der Waals surface area contributed by atoms with Crippen LogP contribution in [0.25, 0.3) is 10.8 Å². The van der Waals surface area contributed by atoms with E-state index in [9.17, 15) is 24.0 Å². The van der Waals surface area contributed by atoms with Crippen LogP contribution in [-0.2, 0) is 24.0 Å². The van der Waals surface area contributed by atoms with Gasteiger partial charge >= 0.3 is 17.8 Å². The van der Waals surface area contributed by atoms with Crippen LogP contribution in [0.5, 0.6) is 0 Å². The predicted octanol–water partition coefficient (Wildman–Crippen LogP) is 0.0383. The maximum absolute atomic E-state index is 12.6. The van der Waals surface area contributed by atoms with Gasteiger partial charge in [-0.2, -0.15) is 0 Å². The molecule has 0 radical (unpaired) electrons. The number of amides is 3. The van der Waals surface area contributed by atoms with Crippen LogP contribution < -0.4 is 16.0 Å². The average molecular weight is 425 g/mol. The minimum atomic E-state index is -1.25. The molecule has 9 nitrogen and oxygen atoms in total. The van der Waals surface area contributed by atoms with Crippen molar-refractivity contribution in [3.63, 3.8) is 0 Å². The Bertz CT molecular complexity index is 1020. The third kappa shape index (κ3) is 6.40. The molecule has 2 atom stereocenters. The fourth-order valence-electron chi connectivity index (χ4n) is 2.99. The summed E-state index contributed by atoms with van der Waals surface area (Å²) in [6.07, 6.45) is -0.582. The summed E-state index contributed by atoms with van der Waals surface area (Å²) < 4.78 is 0. The second-order valence-electron chi connectivity index (χ2n) is 7.45. The molecular weight excluding hydrogens is 401 g/mol. The fourth-order valence-corrected chi connectivity index (χ4v) is 2.99. The summed E-state index contributed by atoms with van der Waals surface area (Å²) in [5.41, 5.74) is -0.0832. The normalized spacial score (nSPS) is 12.6. The molecule has 31 heavy (non-hydrogen) atoms. The number of aliphatic carboxylic acids is 1. The molecule has 0 spiro atoms. The molecule has 0 unspecified atom stereocenters. The van der Waals surface area contributed by atoms with Crippen molar-refractivity contribution in [3.8, 4) is 0 Å². The summed E-state index contributed by atoms with van der Waals surface area (Å²) in [6, 6.07) is 10.2. The van der Waals surface area contributed by atoms with Gasteiger partial charge in [0.2, 0.25) is 5.91 Å². The molecule has 0 saturated carbocycles. The summed E-state index contributed by atoms with van der Waals surface area (Å²) in [5, 5.41) is 17.8. The highest BCUT2D eigenvalue weighted by molar-refractivity contribution is 6.59. The van der Waals surface area contributed by atoms with Gasteiger partial charge in [-0.15, -0.1) is 0 Å². The first-order valence-corrected chi connectivity index (χ1v) is 9.72. The van der Waals surface area contributed by atoms with Gasteiger partial charge in [0.1, 0.15) is 11.7 Å². The molecule has 0 heterocycles. The Kier molecular flexibility index (Phi) is 7.90. The Morgan fingerprint density at radius 1 is 0.935 bits per heavy atom. The third-order valence-corrected chi connectivity index (χ3v) is 4.67. The zero-order valence-electron chi connectivity index (χ0n) is 17.5. The fraction of sp³-hybridized carbons (Fsp3) is 0.286. The number of carbonyl (C=O) groups is 5. The second kappa shape index (κ2) is 10.4. The van der Waals surface area contributed by atoms with E-state index < -0.39 is 53.8 Å². The largest absolute Gasteiger partial charge is 0.481 e. The van der Waals surface area contributed by atoms with Crippen LogP contribution >= 0.6 is 0 Å². The van der Waals surface area contributed by atoms with Gasteiger partial charge in [-0.25, -0.2) is 0 Å². The van der Waals surface area contributed by atoms with Gasteiger partial charge in [-0.05, 0) is 17.4 Å². The maximum atomic E-state index is 12.6. The van der Waals surface area contributed by atoms with Gasteiger partial charge < -0.3 is 25.9 Å². The smallest absolute Gasteiger partial charge is 0.313 e. The number of carboxylic acids is 1. The van der Waals surface area contributed by atoms with Crippen LogP contribution in [0, 0.1) is 5.92 Å². The zero-order chi connectivity index (χ0) is 23.1. The monoisotopic (exact) mass is 425 g/mol. The van der Waals surface area contributed by atoms with E-state index in [4.69, 9.17) is 5.11 Å². The minimum Gasteiger partial charge on any atom is -0.481 e. The maximum Gasteiger partial charge on any atom is 0.313 e. The van der Waals surface area contributed by atoms with Crippen LogP contribution in [-0.4, -0.2) is 54.4 Å². The molecular formula is C21H24BN3O6. The van der Waals surface area contributed by atoms with Crippen molar-refractivity contribution >= 4 is 53.7 Å². The number of carboxylic acid groups (broad SMARTS) is 1. The van der Waals surface area contributed by atoms with E-state index in [0.29, 0.717) is 5.69 Å². The Morgan fingerprint density at radius 2 is 1.58 bits per heavy atom. The molecule has 2 rings (SSSR count). The first-order chi connectivity index (χ1) is 14.6. The van der Waals surface area contributed by atoms with Gasteiger partial charge in [0.15, 0.2) is 7.85 Å². The number of benzene rings is 2. The lowest BCUT2D eigenvalue weighted by atomic mass is 9.92. The second-order valence-corrected chi connectivity index (χ2v) is 7.45. The number of carbonyl (C=O) groups excluding carboxylic acids is 4. The molecule has 0 aliphatic carbocycles. The van der Waals surface area contributed by atoms with Gasteiger partial charge in [0.05, 0.1) is 12.5 Å². The molecule has 10 heteroatoms. The molecule has 2 aromatic rings. The summed E-state index contributed by atoms with van der Waals surface area (Å²) >= 11 is 0. The molecule has 162 valence electrons. The lowest BCUT2D eigenvalue weighted by Gasteiger charge is -2.24. The third-order valence-electron chi connectivity index (χ3n) is 4.67. The van der Waals surface area contributed by atoms with E-state index in [-0.39, 0.29) is 0 Å². The van der Waals surface area contributed by atoms with Gasteiger partial charge in [-0.1, -0.05) is 50.2 Å². The molecule has 0 bridgehead atoms. The topological polar surface area (TPSA) is 142 Å². The molecule has 4 N–H and O–H groups in total. The van der Waals surface area contributed by atoms with E-state index in [0.717, 1.165) is 18.6 Å². The van der Waals surface area contributed by atoms with Crippen molar-refractivity contribution in [1.82, 2.24) is 10.6 Å². The summed E-state index contributed by atoms with van der Waals surface area (Å²) in [4.78, 5) is 60.0. The van der Waals surface area contributed by atoms with Crippen molar-refractivity contribution in [2.75, 3.05) is 5.32 Å². The molecule has 2 aromatic carbocycles. The Labute approximate surface area is 180 Å². The number of hydrogen-bond acceptors (Lipinski definition) is 5. The van der Waals surface area contributed by atoms with Gasteiger partial charge in [0.25, 0.3) is 0 Å². The van der Waals surface area contributed by atoms with E-state index in [1.165, 1.54) is 0 Å². The number of nitrogens with one attached hydrogen (secondary N) is 3. The zero-order valence-corrected chi connectivity index (χ0v) is 17.5. The van der Waals surface area contributed by atoms with E-state index in [1.807, 2.05) is 18.2 Å². The Morgan fingerprint density at radius 3 is 2.19 bits per heavy atom. The number of anilines is 1. The van der Waals surface area contributed by atoms with Crippen molar-refractivity contribution in [3.05, 3.63) is 42.5 Å². The van der Waals surface area contributed by atoms with Crippen molar-refractivity contribution in [1.29, 1.82) is 0 Å². The van der Waals surface area contributed by atoms with Crippen LogP contribution in [0.4, 0.5) is 5.69 Å². The van der Waals surface area contributed by atoms with Crippen molar-refractivity contribution in [2.45, 2.75) is 32.4 Å². The van der Waals surface area contributed by atoms with Crippen molar-refractivity contribution < 1.29 is 29.1 Å². The van der Waals surface area contributed by atoms with Crippen LogP contribution in [0.1, 0.15) is 20.3 Å². The standard InChI is InChI=1S/C21H24BN3O6/c1-11(2)17(19(29)24-15(18(22)28)10-16(26)27)25-21(31)20(30)23-14-9-5-7-12-6-3-4-8-13(12)14/h3-9,11,15,17H,10,22H2,1-2H3,(H,23,30)(H,24,29)(H,25,31)(H,26,27)/t15-,17-/m0/s1. The first kappa shape index (κ1) is 23.6. The van der Waals surface area contributed by atoms with Gasteiger partial charge in [0, 0.05) is 11.1 Å². The highest BCUT2D eigenvalue weighted by Crippen LogP contribution is 2.22. The molecule has 0 saturated heterocycles.